The van der Waals surface area contributed by atoms with Crippen LogP contribution in [0.5, 0.6) is 11.5 Å². The number of nitrogens with zero attached hydrogens (tertiary/aromatic N) is 1. The van der Waals surface area contributed by atoms with Gasteiger partial charge in [-0.1, -0.05) is 11.6 Å². The summed E-state index contributed by atoms with van der Waals surface area (Å²) in [7, 11) is 3.12. The number of amides is 1. The maximum atomic E-state index is 13.2. The van der Waals surface area contributed by atoms with E-state index in [1.807, 2.05) is 0 Å². The molecule has 8 heteroatoms. The van der Waals surface area contributed by atoms with Crippen LogP contribution in [-0.2, 0) is 4.79 Å². The summed E-state index contributed by atoms with van der Waals surface area (Å²) in [5.74, 6) is 0.453. The Balaban J connectivity index is 1.89. The second-order valence-corrected chi connectivity index (χ2v) is 6.63. The maximum Gasteiger partial charge on any atom is 0.264 e. The van der Waals surface area contributed by atoms with Gasteiger partial charge in [0.15, 0.2) is 5.17 Å². The molecule has 0 aromatic heterocycles. The number of halogens is 2. The van der Waals surface area contributed by atoms with Crippen LogP contribution in [0.3, 0.4) is 0 Å². The summed E-state index contributed by atoms with van der Waals surface area (Å²) in [4.78, 5) is 16.9. The number of carbonyl (C=O) groups excluding carboxylic acids is 1. The number of amidine groups is 1. The van der Waals surface area contributed by atoms with Gasteiger partial charge in [-0.25, -0.2) is 9.38 Å². The van der Waals surface area contributed by atoms with Gasteiger partial charge in [0.05, 0.1) is 29.8 Å². The van der Waals surface area contributed by atoms with Crippen molar-refractivity contribution in [3.05, 3.63) is 57.7 Å². The van der Waals surface area contributed by atoms with Crippen molar-refractivity contribution in [2.75, 3.05) is 14.2 Å². The number of nitrogens with one attached hydrogen (secondary N) is 1. The number of thioether (sulfide) groups is 1. The quantitative estimate of drug-likeness (QED) is 0.784. The predicted octanol–water partition coefficient (Wildman–Crippen LogP) is 4.39. The van der Waals surface area contributed by atoms with E-state index in [0.29, 0.717) is 32.8 Å². The Morgan fingerprint density at radius 3 is 2.69 bits per heavy atom. The highest BCUT2D eigenvalue weighted by Gasteiger charge is 2.24. The zero-order chi connectivity index (χ0) is 18.7. The van der Waals surface area contributed by atoms with E-state index in [1.54, 1.807) is 38.5 Å². The van der Waals surface area contributed by atoms with Crippen LogP contribution in [0.4, 0.5) is 10.1 Å². The van der Waals surface area contributed by atoms with Gasteiger partial charge in [0.25, 0.3) is 5.91 Å². The molecule has 2 aromatic rings. The Hall–Kier alpha value is -2.51. The first-order valence-corrected chi connectivity index (χ1v) is 8.66. The van der Waals surface area contributed by atoms with Gasteiger partial charge < -0.3 is 14.8 Å². The first kappa shape index (κ1) is 18.3. The fraction of sp³-hybridized carbons (Fsp3) is 0.111. The van der Waals surface area contributed by atoms with Crippen molar-refractivity contribution in [3.63, 3.8) is 0 Å². The SMILES string of the molecule is COc1ccc(OC)c(/C=C2\SC(=Nc3ccc(F)c(Cl)c3)NC2=O)c1. The highest BCUT2D eigenvalue weighted by atomic mass is 35.5. The van der Waals surface area contributed by atoms with Gasteiger partial charge in [-0.15, -0.1) is 0 Å². The Bertz CT molecular complexity index is 931. The summed E-state index contributed by atoms with van der Waals surface area (Å²) in [6.07, 6.45) is 1.70. The average molecular weight is 393 g/mol. The molecule has 0 atom stereocenters. The molecule has 134 valence electrons. The lowest BCUT2D eigenvalue weighted by Crippen LogP contribution is -2.19. The van der Waals surface area contributed by atoms with Crippen molar-refractivity contribution in [1.82, 2.24) is 5.32 Å². The van der Waals surface area contributed by atoms with Crippen LogP contribution in [0, 0.1) is 5.82 Å². The molecule has 1 aliphatic rings. The fourth-order valence-corrected chi connectivity index (χ4v) is 3.25. The van der Waals surface area contributed by atoms with Crippen molar-refractivity contribution < 1.29 is 18.7 Å². The lowest BCUT2D eigenvalue weighted by molar-refractivity contribution is -0.115. The lowest BCUT2D eigenvalue weighted by Gasteiger charge is -2.07. The Labute approximate surface area is 158 Å². The average Bonchev–Trinajstić information content (AvgIpc) is 2.97. The van der Waals surface area contributed by atoms with E-state index in [1.165, 1.54) is 30.0 Å². The zero-order valence-corrected chi connectivity index (χ0v) is 15.5. The van der Waals surface area contributed by atoms with E-state index in [-0.39, 0.29) is 10.9 Å². The molecule has 1 amide bonds. The van der Waals surface area contributed by atoms with E-state index >= 15 is 0 Å². The molecule has 0 radical (unpaired) electrons. The van der Waals surface area contributed by atoms with Crippen LogP contribution in [-0.4, -0.2) is 25.3 Å². The van der Waals surface area contributed by atoms with Crippen LogP contribution < -0.4 is 14.8 Å². The summed E-state index contributed by atoms with van der Waals surface area (Å²) >= 11 is 6.92. The number of methoxy groups -OCH3 is 2. The molecular formula is C18H14ClFN2O3S. The topological polar surface area (TPSA) is 59.9 Å². The van der Waals surface area contributed by atoms with Gasteiger partial charge in [0, 0.05) is 5.56 Å². The fourth-order valence-electron chi connectivity index (χ4n) is 2.25. The molecule has 0 aliphatic carbocycles. The molecule has 5 nitrogen and oxygen atoms in total. The molecule has 26 heavy (non-hydrogen) atoms. The van der Waals surface area contributed by atoms with E-state index < -0.39 is 5.82 Å². The van der Waals surface area contributed by atoms with Crippen LogP contribution in [0.15, 0.2) is 46.3 Å². The molecule has 1 saturated heterocycles. The smallest absolute Gasteiger partial charge is 0.264 e. The van der Waals surface area contributed by atoms with Gasteiger partial charge in [-0.3, -0.25) is 4.79 Å². The van der Waals surface area contributed by atoms with Gasteiger partial charge in [0.2, 0.25) is 0 Å². The van der Waals surface area contributed by atoms with Crippen molar-refractivity contribution in [2.45, 2.75) is 0 Å². The lowest BCUT2D eigenvalue weighted by atomic mass is 10.1. The Morgan fingerprint density at radius 2 is 2.00 bits per heavy atom. The van der Waals surface area contributed by atoms with Crippen molar-refractivity contribution >= 4 is 46.2 Å². The molecule has 0 unspecified atom stereocenters. The van der Waals surface area contributed by atoms with E-state index in [4.69, 9.17) is 21.1 Å². The van der Waals surface area contributed by atoms with Crippen molar-refractivity contribution in [1.29, 1.82) is 0 Å². The van der Waals surface area contributed by atoms with Crippen LogP contribution >= 0.6 is 23.4 Å². The third-order valence-electron chi connectivity index (χ3n) is 3.51. The van der Waals surface area contributed by atoms with E-state index in [0.717, 1.165) is 0 Å². The second-order valence-electron chi connectivity index (χ2n) is 5.19. The number of ether oxygens (including phenoxy) is 2. The molecule has 1 fully saturated rings. The molecular weight excluding hydrogens is 379 g/mol. The molecule has 0 saturated carbocycles. The van der Waals surface area contributed by atoms with Crippen LogP contribution in [0.25, 0.3) is 6.08 Å². The highest BCUT2D eigenvalue weighted by Crippen LogP contribution is 2.32. The molecule has 1 heterocycles. The molecule has 0 spiro atoms. The zero-order valence-electron chi connectivity index (χ0n) is 13.9. The number of aliphatic imine (C=N–C) groups is 1. The second kappa shape index (κ2) is 7.80. The molecule has 1 N–H and O–H groups in total. The Kier molecular flexibility index (Phi) is 5.49. The molecule has 0 bridgehead atoms. The minimum absolute atomic E-state index is 0.0296. The number of benzene rings is 2. The minimum atomic E-state index is -0.524. The third-order valence-corrected chi connectivity index (χ3v) is 4.71. The predicted molar refractivity (Wildman–Crippen MR) is 102 cm³/mol. The summed E-state index contributed by atoms with van der Waals surface area (Å²) < 4.78 is 23.7. The van der Waals surface area contributed by atoms with Crippen molar-refractivity contribution in [3.8, 4) is 11.5 Å². The number of hydrogen-bond acceptors (Lipinski definition) is 5. The molecule has 2 aromatic carbocycles. The van der Waals surface area contributed by atoms with Gasteiger partial charge in [-0.2, -0.15) is 0 Å². The largest absolute Gasteiger partial charge is 0.497 e. The number of rotatable bonds is 4. The van der Waals surface area contributed by atoms with E-state index in [2.05, 4.69) is 10.3 Å². The highest BCUT2D eigenvalue weighted by molar-refractivity contribution is 8.18. The summed E-state index contributed by atoms with van der Waals surface area (Å²) in [5, 5.41) is 3.02. The minimum Gasteiger partial charge on any atom is -0.497 e. The van der Waals surface area contributed by atoms with Crippen LogP contribution in [0.2, 0.25) is 5.02 Å². The number of carbonyl (C=O) groups is 1. The first-order chi connectivity index (χ1) is 12.5. The molecule has 1 aliphatic heterocycles. The Morgan fingerprint density at radius 1 is 1.19 bits per heavy atom. The van der Waals surface area contributed by atoms with Gasteiger partial charge >= 0.3 is 0 Å². The van der Waals surface area contributed by atoms with Gasteiger partial charge in [-0.05, 0) is 54.2 Å². The summed E-state index contributed by atoms with van der Waals surface area (Å²) in [6, 6.07) is 9.40. The van der Waals surface area contributed by atoms with Crippen molar-refractivity contribution in [2.24, 2.45) is 4.99 Å². The molecule has 3 rings (SSSR count). The maximum absolute atomic E-state index is 13.2. The number of hydrogen-bond donors (Lipinski definition) is 1. The van der Waals surface area contributed by atoms with Crippen LogP contribution in [0.1, 0.15) is 5.56 Å². The summed E-state index contributed by atoms with van der Waals surface area (Å²) in [5.41, 5.74) is 1.15. The monoisotopic (exact) mass is 392 g/mol. The standard InChI is InChI=1S/C18H14ClFN2O3S/c1-24-12-4-6-15(25-2)10(7-12)8-16-17(23)22-18(26-16)21-11-3-5-14(20)13(19)9-11/h3-9H,1-2H3,(H,21,22,23)/b16-8-. The third kappa shape index (κ3) is 4.00. The normalized spacial score (nSPS) is 16.8. The first-order valence-electron chi connectivity index (χ1n) is 7.47. The van der Waals surface area contributed by atoms with E-state index in [9.17, 15) is 9.18 Å². The van der Waals surface area contributed by atoms with Gasteiger partial charge in [0.1, 0.15) is 17.3 Å². The summed E-state index contributed by atoms with van der Waals surface area (Å²) in [6.45, 7) is 0.